The van der Waals surface area contributed by atoms with E-state index in [1.807, 2.05) is 19.1 Å². The number of aryl methyl sites for hydroxylation is 1. The van der Waals surface area contributed by atoms with Crippen molar-refractivity contribution < 1.29 is 4.79 Å². The average Bonchev–Trinajstić information content (AvgIpc) is 2.99. The average molecular weight is 368 g/mol. The van der Waals surface area contributed by atoms with Gasteiger partial charge in [0.1, 0.15) is 0 Å². The van der Waals surface area contributed by atoms with Crippen LogP contribution in [0.2, 0.25) is 0 Å². The molecule has 1 amide bonds. The molecule has 2 aromatic rings. The van der Waals surface area contributed by atoms with Gasteiger partial charge in [0.15, 0.2) is 8.68 Å². The second-order valence-electron chi connectivity index (χ2n) is 5.12. The van der Waals surface area contributed by atoms with Crippen LogP contribution in [0.1, 0.15) is 37.4 Å². The Bertz CT molecular complexity index is 645. The van der Waals surface area contributed by atoms with Crippen molar-refractivity contribution in [1.29, 1.82) is 0 Å². The largest absolute Gasteiger partial charge is 0.349 e. The third kappa shape index (κ3) is 5.82. The maximum absolute atomic E-state index is 12.1. The summed E-state index contributed by atoms with van der Waals surface area (Å²) in [5.41, 5.74) is 2.34. The number of carbonyl (C=O) groups is 1. The molecule has 0 spiro atoms. The number of carbonyl (C=O) groups excluding carboxylic acids is 1. The van der Waals surface area contributed by atoms with Crippen molar-refractivity contribution >= 4 is 40.8 Å². The summed E-state index contributed by atoms with van der Waals surface area (Å²) in [6.07, 6.45) is 1.12. The van der Waals surface area contributed by atoms with Gasteiger partial charge in [-0.1, -0.05) is 66.0 Å². The first-order valence-electron chi connectivity index (χ1n) is 7.54. The molecule has 124 valence electrons. The van der Waals surface area contributed by atoms with Gasteiger partial charge in [0, 0.05) is 5.75 Å². The van der Waals surface area contributed by atoms with Crippen LogP contribution in [0.15, 0.2) is 32.9 Å². The predicted molar refractivity (Wildman–Crippen MR) is 99.4 cm³/mol. The van der Waals surface area contributed by atoms with E-state index in [0.717, 1.165) is 26.4 Å². The minimum Gasteiger partial charge on any atom is -0.349 e. The van der Waals surface area contributed by atoms with E-state index >= 15 is 0 Å². The number of amides is 1. The Balaban J connectivity index is 1.81. The normalized spacial score (nSPS) is 12.1. The fourth-order valence-electron chi connectivity index (χ4n) is 2.06. The van der Waals surface area contributed by atoms with Gasteiger partial charge in [-0.05, 0) is 31.4 Å². The summed E-state index contributed by atoms with van der Waals surface area (Å²) < 4.78 is 1.82. The molecular weight excluding hydrogens is 346 g/mol. The molecule has 1 atom stereocenters. The van der Waals surface area contributed by atoms with Gasteiger partial charge in [-0.2, -0.15) is 0 Å². The summed E-state index contributed by atoms with van der Waals surface area (Å²) in [5, 5.41) is 11.3. The Morgan fingerprint density at radius 3 is 2.65 bits per heavy atom. The second kappa shape index (κ2) is 9.30. The van der Waals surface area contributed by atoms with Crippen LogP contribution in [-0.2, 0) is 4.79 Å². The number of nitrogens with one attached hydrogen (secondary N) is 1. The van der Waals surface area contributed by atoms with Crippen LogP contribution >= 0.6 is 34.9 Å². The van der Waals surface area contributed by atoms with Crippen molar-refractivity contribution in [2.45, 2.75) is 41.9 Å². The number of hydrogen-bond acceptors (Lipinski definition) is 6. The Morgan fingerprint density at radius 2 is 1.96 bits per heavy atom. The van der Waals surface area contributed by atoms with Gasteiger partial charge in [-0.3, -0.25) is 4.79 Å². The van der Waals surface area contributed by atoms with E-state index in [1.165, 1.54) is 17.3 Å². The first-order valence-corrected chi connectivity index (χ1v) is 10.3. The highest BCUT2D eigenvalue weighted by molar-refractivity contribution is 8.03. The molecule has 0 fully saturated rings. The van der Waals surface area contributed by atoms with Crippen molar-refractivity contribution in [3.63, 3.8) is 0 Å². The van der Waals surface area contributed by atoms with Crippen LogP contribution < -0.4 is 5.32 Å². The molecule has 0 radical (unpaired) electrons. The van der Waals surface area contributed by atoms with Crippen molar-refractivity contribution in [3.8, 4) is 0 Å². The van der Waals surface area contributed by atoms with Gasteiger partial charge >= 0.3 is 0 Å². The summed E-state index contributed by atoms with van der Waals surface area (Å²) in [4.78, 5) is 12.1. The smallest absolute Gasteiger partial charge is 0.230 e. The zero-order chi connectivity index (χ0) is 16.7. The minimum atomic E-state index is 0.00870. The quantitative estimate of drug-likeness (QED) is 0.704. The van der Waals surface area contributed by atoms with Gasteiger partial charge in [0.2, 0.25) is 5.91 Å². The Morgan fingerprint density at radius 1 is 1.26 bits per heavy atom. The summed E-state index contributed by atoms with van der Waals surface area (Å²) >= 11 is 4.72. The molecule has 2 rings (SSSR count). The summed E-state index contributed by atoms with van der Waals surface area (Å²) in [6, 6.07) is 8.12. The minimum absolute atomic E-state index is 0.00870. The predicted octanol–water partition coefficient (Wildman–Crippen LogP) is 4.32. The van der Waals surface area contributed by atoms with Gasteiger partial charge < -0.3 is 5.32 Å². The molecule has 1 N–H and O–H groups in total. The van der Waals surface area contributed by atoms with E-state index in [0.29, 0.717) is 5.75 Å². The summed E-state index contributed by atoms with van der Waals surface area (Å²) in [6.45, 7) is 6.21. The monoisotopic (exact) mass is 367 g/mol. The molecule has 0 bridgehead atoms. The first-order chi connectivity index (χ1) is 11.1. The zero-order valence-electron chi connectivity index (χ0n) is 13.5. The lowest BCUT2D eigenvalue weighted by molar-refractivity contribution is -0.119. The van der Waals surface area contributed by atoms with Crippen LogP contribution in [0.4, 0.5) is 0 Å². The van der Waals surface area contributed by atoms with Gasteiger partial charge in [-0.25, -0.2) is 0 Å². The molecular formula is C16H21N3OS3. The highest BCUT2D eigenvalue weighted by Crippen LogP contribution is 2.29. The number of rotatable bonds is 8. The molecule has 1 unspecified atom stereocenters. The van der Waals surface area contributed by atoms with Crippen molar-refractivity contribution in [3.05, 3.63) is 35.4 Å². The highest BCUT2D eigenvalue weighted by Gasteiger charge is 2.13. The van der Waals surface area contributed by atoms with E-state index < -0.39 is 0 Å². The van der Waals surface area contributed by atoms with Crippen molar-refractivity contribution in [1.82, 2.24) is 15.5 Å². The second-order valence-corrected chi connectivity index (χ2v) is 8.66. The highest BCUT2D eigenvalue weighted by atomic mass is 32.2. The Labute approximate surface area is 149 Å². The van der Waals surface area contributed by atoms with E-state index in [4.69, 9.17) is 0 Å². The number of benzene rings is 1. The van der Waals surface area contributed by atoms with Gasteiger partial charge in [0.25, 0.3) is 0 Å². The fourth-order valence-corrected chi connectivity index (χ4v) is 4.82. The molecule has 1 aromatic carbocycles. The molecule has 1 aromatic heterocycles. The van der Waals surface area contributed by atoms with E-state index in [9.17, 15) is 4.79 Å². The van der Waals surface area contributed by atoms with Crippen LogP contribution in [0.5, 0.6) is 0 Å². The molecule has 1 heterocycles. The molecule has 7 heteroatoms. The molecule has 0 saturated carbocycles. The third-order valence-corrected chi connectivity index (χ3v) is 6.57. The number of nitrogens with zero attached hydrogens (tertiary/aromatic N) is 2. The zero-order valence-corrected chi connectivity index (χ0v) is 16.0. The Hall–Kier alpha value is -1.05. The lowest BCUT2D eigenvalue weighted by Crippen LogP contribution is -2.28. The molecule has 0 aliphatic heterocycles. The van der Waals surface area contributed by atoms with Crippen LogP contribution in [0, 0.1) is 6.92 Å². The molecule has 23 heavy (non-hydrogen) atoms. The maximum Gasteiger partial charge on any atom is 0.230 e. The van der Waals surface area contributed by atoms with E-state index in [1.54, 1.807) is 23.1 Å². The SMILES string of the molecule is CCCSc1nnc(SCC(=O)NC(C)c2ccccc2C)s1. The molecule has 0 aliphatic rings. The Kier molecular flexibility index (Phi) is 7.39. The van der Waals surface area contributed by atoms with Crippen LogP contribution in [0.3, 0.4) is 0 Å². The number of thioether (sulfide) groups is 2. The lowest BCUT2D eigenvalue weighted by atomic mass is 10.0. The molecule has 0 saturated heterocycles. The van der Waals surface area contributed by atoms with Crippen molar-refractivity contribution in [2.24, 2.45) is 0 Å². The summed E-state index contributed by atoms with van der Waals surface area (Å²) in [5.74, 6) is 1.43. The standard InChI is InChI=1S/C16H21N3OS3/c1-4-9-21-15-18-19-16(23-15)22-10-14(20)17-12(3)13-8-6-5-7-11(13)2/h5-8,12H,4,9-10H2,1-3H3,(H,17,20). The van der Waals surface area contributed by atoms with Gasteiger partial charge in [0.05, 0.1) is 11.8 Å². The first kappa shape index (κ1) is 18.3. The molecule has 4 nitrogen and oxygen atoms in total. The molecule has 0 aliphatic carbocycles. The fraction of sp³-hybridized carbons (Fsp3) is 0.438. The number of hydrogen-bond donors (Lipinski definition) is 1. The number of aromatic nitrogens is 2. The van der Waals surface area contributed by atoms with Gasteiger partial charge in [-0.15, -0.1) is 10.2 Å². The van der Waals surface area contributed by atoms with E-state index in [2.05, 4.69) is 41.5 Å². The van der Waals surface area contributed by atoms with Crippen LogP contribution in [-0.4, -0.2) is 27.6 Å². The van der Waals surface area contributed by atoms with Crippen molar-refractivity contribution in [2.75, 3.05) is 11.5 Å². The third-order valence-electron chi connectivity index (χ3n) is 3.18. The topological polar surface area (TPSA) is 54.9 Å². The lowest BCUT2D eigenvalue weighted by Gasteiger charge is -2.16. The maximum atomic E-state index is 12.1. The summed E-state index contributed by atoms with van der Waals surface area (Å²) in [7, 11) is 0. The van der Waals surface area contributed by atoms with Crippen LogP contribution in [0.25, 0.3) is 0 Å². The van der Waals surface area contributed by atoms with E-state index in [-0.39, 0.29) is 11.9 Å².